The quantitative estimate of drug-likeness (QED) is 0.277. The molecule has 1 aromatic carbocycles. The number of nitrogens with one attached hydrogen (secondary N) is 1. The van der Waals surface area contributed by atoms with Gasteiger partial charge in [-0.25, -0.2) is 18.4 Å². The van der Waals surface area contributed by atoms with Gasteiger partial charge in [0, 0.05) is 63.1 Å². The number of aliphatic hydroxyl groups is 1. The fourth-order valence-corrected chi connectivity index (χ4v) is 6.63. The van der Waals surface area contributed by atoms with Crippen molar-refractivity contribution in [3.8, 4) is 11.3 Å². The number of amides is 1. The zero-order valence-electron chi connectivity index (χ0n) is 24.0. The van der Waals surface area contributed by atoms with Crippen LogP contribution in [0.3, 0.4) is 0 Å². The molecule has 14 heteroatoms. The van der Waals surface area contributed by atoms with E-state index in [0.29, 0.717) is 55.7 Å². The van der Waals surface area contributed by atoms with E-state index in [1.165, 1.54) is 18.3 Å². The van der Waals surface area contributed by atoms with E-state index in [1.54, 1.807) is 35.4 Å². The number of halogens is 2. The number of aromatic nitrogens is 5. The van der Waals surface area contributed by atoms with E-state index in [9.17, 15) is 9.90 Å². The fraction of sp³-hybridized carbons (Fsp3) is 0.367. The standard InChI is InChI=1S/C30H33F2N8O3P/c1-17-15-39(16-21(33)28(17)40-9-8-35-38-40)24-4-7-34-14-23(24)37-29(41)22-3-2-19(31)27(36-22)26-20(32)12-18(13-25(26)44)30(42)5-10-43-11-6-30/h2-4,7-9,12-14,17,21,28,42H,5-6,10-11,15-16,33,44H2,1H3,(H,37,41)/t17-,21+,28-/m0/s1. The van der Waals surface area contributed by atoms with Gasteiger partial charge in [0.2, 0.25) is 0 Å². The number of rotatable bonds is 6. The highest BCUT2D eigenvalue weighted by atomic mass is 31.0. The zero-order valence-corrected chi connectivity index (χ0v) is 25.2. The largest absolute Gasteiger partial charge is 0.385 e. The van der Waals surface area contributed by atoms with Gasteiger partial charge in [-0.1, -0.05) is 12.1 Å². The van der Waals surface area contributed by atoms with Crippen molar-refractivity contribution >= 4 is 31.8 Å². The van der Waals surface area contributed by atoms with E-state index in [4.69, 9.17) is 10.5 Å². The van der Waals surface area contributed by atoms with E-state index in [0.717, 1.165) is 11.8 Å². The summed E-state index contributed by atoms with van der Waals surface area (Å²) >= 11 is 0. The van der Waals surface area contributed by atoms with Gasteiger partial charge in [-0.15, -0.1) is 14.3 Å². The molecule has 2 aliphatic heterocycles. The Balaban J connectivity index is 1.25. The first-order valence-electron chi connectivity index (χ1n) is 14.3. The number of anilines is 2. The number of nitrogens with two attached hydrogens (primary N) is 1. The first-order valence-corrected chi connectivity index (χ1v) is 14.9. The molecule has 0 saturated carbocycles. The van der Waals surface area contributed by atoms with Crippen LogP contribution in [0.4, 0.5) is 20.2 Å². The van der Waals surface area contributed by atoms with Gasteiger partial charge in [0.15, 0.2) is 0 Å². The molecule has 0 aliphatic carbocycles. The molecule has 0 spiro atoms. The first kappa shape index (κ1) is 30.1. The Morgan fingerprint density at radius 1 is 1.16 bits per heavy atom. The number of nitrogens with zero attached hydrogens (tertiary/aromatic N) is 6. The van der Waals surface area contributed by atoms with Crippen LogP contribution < -0.4 is 21.3 Å². The Hall–Kier alpha value is -3.90. The Morgan fingerprint density at radius 3 is 2.66 bits per heavy atom. The topological polar surface area (TPSA) is 144 Å². The smallest absolute Gasteiger partial charge is 0.274 e. The molecule has 2 aliphatic rings. The number of ether oxygens (including phenoxy) is 1. The number of benzene rings is 1. The Kier molecular flexibility index (Phi) is 8.38. The van der Waals surface area contributed by atoms with Crippen LogP contribution in [0.2, 0.25) is 0 Å². The zero-order chi connectivity index (χ0) is 31.0. The molecule has 1 amide bonds. The predicted octanol–water partition coefficient (Wildman–Crippen LogP) is 2.79. The van der Waals surface area contributed by atoms with E-state index in [2.05, 4.69) is 46.7 Å². The molecular formula is C30H33F2N8O3P. The SMILES string of the molecule is C[C@H]1CN(c2ccncc2NC(=O)c2ccc(F)c(-c3c(F)cc(C4(O)CCOCC4)cc3P)n2)C[C@@H](N)[C@H]1n1ccnn1. The molecule has 0 bridgehead atoms. The molecule has 2 fully saturated rings. The highest BCUT2D eigenvalue weighted by molar-refractivity contribution is 7.28. The van der Waals surface area contributed by atoms with E-state index >= 15 is 8.78 Å². The molecule has 2 saturated heterocycles. The Labute approximate surface area is 255 Å². The molecule has 6 rings (SSSR count). The number of pyridine rings is 2. The predicted molar refractivity (Wildman–Crippen MR) is 163 cm³/mol. The number of hydrogen-bond acceptors (Lipinski definition) is 9. The van der Waals surface area contributed by atoms with Crippen molar-refractivity contribution in [3.05, 3.63) is 78.0 Å². The monoisotopic (exact) mass is 622 g/mol. The first-order chi connectivity index (χ1) is 21.1. The molecule has 1 unspecified atom stereocenters. The summed E-state index contributed by atoms with van der Waals surface area (Å²) in [6.45, 7) is 3.92. The molecule has 11 nitrogen and oxygen atoms in total. The second-order valence-electron chi connectivity index (χ2n) is 11.4. The molecule has 230 valence electrons. The Bertz CT molecular complexity index is 1630. The summed E-state index contributed by atoms with van der Waals surface area (Å²) in [6.07, 6.45) is 7.21. The lowest BCUT2D eigenvalue weighted by Gasteiger charge is -2.42. The molecule has 0 radical (unpaired) electrons. The molecule has 5 heterocycles. The van der Waals surface area contributed by atoms with Crippen molar-refractivity contribution in [2.24, 2.45) is 11.7 Å². The summed E-state index contributed by atoms with van der Waals surface area (Å²) in [6, 6.07) is 6.62. The summed E-state index contributed by atoms with van der Waals surface area (Å²) in [5.41, 5.74) is 6.32. The molecule has 4 aromatic rings. The van der Waals surface area contributed by atoms with Gasteiger partial charge in [0.25, 0.3) is 5.91 Å². The van der Waals surface area contributed by atoms with Crippen LogP contribution in [-0.2, 0) is 10.3 Å². The van der Waals surface area contributed by atoms with Crippen molar-refractivity contribution < 1.29 is 23.4 Å². The van der Waals surface area contributed by atoms with Gasteiger partial charge in [0.05, 0.1) is 35.4 Å². The van der Waals surface area contributed by atoms with Crippen LogP contribution in [0.5, 0.6) is 0 Å². The number of hydrogen-bond donors (Lipinski definition) is 3. The van der Waals surface area contributed by atoms with Crippen molar-refractivity contribution in [1.29, 1.82) is 0 Å². The highest BCUT2D eigenvalue weighted by Gasteiger charge is 2.36. The fourth-order valence-electron chi connectivity index (χ4n) is 6.18. The molecule has 4 N–H and O–H groups in total. The lowest BCUT2D eigenvalue weighted by Crippen LogP contribution is -2.53. The van der Waals surface area contributed by atoms with E-state index in [-0.39, 0.29) is 35.0 Å². The highest BCUT2D eigenvalue weighted by Crippen LogP contribution is 2.36. The third-order valence-corrected chi connectivity index (χ3v) is 8.84. The van der Waals surface area contributed by atoms with E-state index in [1.807, 2.05) is 0 Å². The lowest BCUT2D eigenvalue weighted by atomic mass is 9.85. The van der Waals surface area contributed by atoms with E-state index < -0.39 is 23.1 Å². The number of carbonyl (C=O) groups excluding carboxylic acids is 1. The maximum Gasteiger partial charge on any atom is 0.274 e. The average molecular weight is 623 g/mol. The molecule has 4 atom stereocenters. The van der Waals surface area contributed by atoms with Crippen LogP contribution in [-0.4, -0.2) is 68.3 Å². The van der Waals surface area contributed by atoms with Gasteiger partial charge in [-0.3, -0.25) is 9.78 Å². The second kappa shape index (κ2) is 12.2. The van der Waals surface area contributed by atoms with Gasteiger partial charge in [-0.2, -0.15) is 0 Å². The Morgan fingerprint density at radius 2 is 1.95 bits per heavy atom. The minimum Gasteiger partial charge on any atom is -0.385 e. The van der Waals surface area contributed by atoms with Crippen molar-refractivity contribution in [2.75, 3.05) is 36.5 Å². The minimum absolute atomic E-state index is 0.0360. The summed E-state index contributed by atoms with van der Waals surface area (Å²) in [5.74, 6) is -2.05. The van der Waals surface area contributed by atoms with Crippen LogP contribution in [0, 0.1) is 17.6 Å². The van der Waals surface area contributed by atoms with Crippen LogP contribution >= 0.6 is 9.24 Å². The van der Waals surface area contributed by atoms with Gasteiger partial charge >= 0.3 is 0 Å². The third kappa shape index (κ3) is 5.80. The normalized spacial score (nSPS) is 21.7. The maximum absolute atomic E-state index is 15.5. The lowest BCUT2D eigenvalue weighted by molar-refractivity contribution is -0.0680. The van der Waals surface area contributed by atoms with Gasteiger partial charge in [-0.05, 0) is 47.1 Å². The number of carbonyl (C=O) groups is 1. The third-order valence-electron chi connectivity index (χ3n) is 8.39. The van der Waals surface area contributed by atoms with Crippen molar-refractivity contribution in [1.82, 2.24) is 25.0 Å². The molecule has 3 aromatic heterocycles. The number of piperidine rings is 1. The average Bonchev–Trinajstić information content (AvgIpc) is 3.52. The van der Waals surface area contributed by atoms with Crippen LogP contribution in [0.1, 0.15) is 41.9 Å². The minimum atomic E-state index is -1.24. The van der Waals surface area contributed by atoms with Crippen molar-refractivity contribution in [3.63, 3.8) is 0 Å². The summed E-state index contributed by atoms with van der Waals surface area (Å²) in [4.78, 5) is 23.9. The summed E-state index contributed by atoms with van der Waals surface area (Å²) in [5, 5.41) is 22.2. The maximum atomic E-state index is 15.5. The second-order valence-corrected chi connectivity index (χ2v) is 12.0. The molecule has 44 heavy (non-hydrogen) atoms. The summed E-state index contributed by atoms with van der Waals surface area (Å²) in [7, 11) is 2.38. The summed E-state index contributed by atoms with van der Waals surface area (Å²) < 4.78 is 37.7. The van der Waals surface area contributed by atoms with Crippen molar-refractivity contribution in [2.45, 2.75) is 37.5 Å². The van der Waals surface area contributed by atoms with Gasteiger partial charge in [0.1, 0.15) is 23.0 Å². The van der Waals surface area contributed by atoms with Crippen LogP contribution in [0.15, 0.2) is 55.1 Å². The molecular weight excluding hydrogens is 589 g/mol. The van der Waals surface area contributed by atoms with Gasteiger partial charge < -0.3 is 25.8 Å². The van der Waals surface area contributed by atoms with Crippen LogP contribution in [0.25, 0.3) is 11.3 Å².